The molecule has 28 heavy (non-hydrogen) atoms. The van der Waals surface area contributed by atoms with Gasteiger partial charge in [0.25, 0.3) is 0 Å². The summed E-state index contributed by atoms with van der Waals surface area (Å²) >= 11 is 0. The highest BCUT2D eigenvalue weighted by atomic mass is 16.5. The Kier molecular flexibility index (Phi) is 7.19. The van der Waals surface area contributed by atoms with Crippen LogP contribution in [-0.2, 0) is 13.0 Å². The van der Waals surface area contributed by atoms with Crippen molar-refractivity contribution >= 4 is 12.1 Å². The summed E-state index contributed by atoms with van der Waals surface area (Å²) in [6.07, 6.45) is 5.06. The summed E-state index contributed by atoms with van der Waals surface area (Å²) in [5.41, 5.74) is 1.21. The van der Waals surface area contributed by atoms with Gasteiger partial charge >= 0.3 is 6.03 Å². The summed E-state index contributed by atoms with van der Waals surface area (Å²) in [6, 6.07) is 10.2. The Balaban J connectivity index is 1.36. The third-order valence-electron chi connectivity index (χ3n) is 4.62. The Labute approximate surface area is 166 Å². The number of piperazine rings is 1. The second-order valence-corrected chi connectivity index (χ2v) is 7.46. The van der Waals surface area contributed by atoms with Gasteiger partial charge in [0, 0.05) is 39.1 Å². The van der Waals surface area contributed by atoms with Gasteiger partial charge in [-0.05, 0) is 11.5 Å². The molecule has 1 aromatic heterocycles. The zero-order valence-electron chi connectivity index (χ0n) is 16.7. The Morgan fingerprint density at radius 2 is 1.96 bits per heavy atom. The number of benzene rings is 1. The van der Waals surface area contributed by atoms with Crippen LogP contribution in [0.3, 0.4) is 0 Å². The van der Waals surface area contributed by atoms with Crippen molar-refractivity contribution in [2.75, 3.05) is 32.7 Å². The van der Waals surface area contributed by atoms with Crippen LogP contribution in [0.2, 0.25) is 0 Å². The van der Waals surface area contributed by atoms with E-state index in [1.807, 2.05) is 23.1 Å². The van der Waals surface area contributed by atoms with Gasteiger partial charge in [0.1, 0.15) is 0 Å². The lowest BCUT2D eigenvalue weighted by Gasteiger charge is -2.34. The normalized spacial score (nSPS) is 15.5. The SMILES string of the molecule is CC(C)Cc1nc(CNC(=O)N2CCN(C/C=C/c3ccccc3)CC2)no1. The maximum Gasteiger partial charge on any atom is 0.317 e. The number of nitrogens with zero attached hydrogens (tertiary/aromatic N) is 4. The van der Waals surface area contributed by atoms with E-state index in [2.05, 4.69) is 58.5 Å². The first-order chi connectivity index (χ1) is 13.6. The number of carbonyl (C=O) groups is 1. The maximum absolute atomic E-state index is 12.4. The van der Waals surface area contributed by atoms with Crippen LogP contribution < -0.4 is 5.32 Å². The highest BCUT2D eigenvalue weighted by molar-refractivity contribution is 5.74. The average molecular weight is 383 g/mol. The third kappa shape index (κ3) is 6.20. The summed E-state index contributed by atoms with van der Waals surface area (Å²) in [5.74, 6) is 1.60. The number of carbonyl (C=O) groups excluding carboxylic acids is 1. The van der Waals surface area contributed by atoms with Crippen molar-refractivity contribution in [1.82, 2.24) is 25.3 Å². The summed E-state index contributed by atoms with van der Waals surface area (Å²) in [4.78, 5) is 20.9. The van der Waals surface area contributed by atoms with Crippen molar-refractivity contribution in [3.05, 3.63) is 53.7 Å². The van der Waals surface area contributed by atoms with Crippen molar-refractivity contribution in [2.24, 2.45) is 5.92 Å². The fourth-order valence-corrected chi connectivity index (χ4v) is 3.10. The lowest BCUT2D eigenvalue weighted by Crippen LogP contribution is -2.51. The standard InChI is InChI=1S/C21H29N5O2/c1-17(2)15-20-23-19(24-28-20)16-22-21(27)26-13-11-25(12-14-26)10-6-9-18-7-4-3-5-8-18/h3-9,17H,10-16H2,1-2H3,(H,22,27)/b9-6+. The molecule has 1 aliphatic rings. The monoisotopic (exact) mass is 383 g/mol. The predicted octanol–water partition coefficient (Wildman–Crippen LogP) is 2.81. The molecule has 0 bridgehead atoms. The van der Waals surface area contributed by atoms with Crippen LogP contribution in [0, 0.1) is 5.92 Å². The molecule has 150 valence electrons. The van der Waals surface area contributed by atoms with E-state index in [4.69, 9.17) is 4.52 Å². The first-order valence-corrected chi connectivity index (χ1v) is 9.88. The molecule has 3 rings (SSSR count). The van der Waals surface area contributed by atoms with Gasteiger partial charge in [-0.1, -0.05) is 61.5 Å². The fourth-order valence-electron chi connectivity index (χ4n) is 3.10. The van der Waals surface area contributed by atoms with Crippen LogP contribution in [0.1, 0.15) is 31.1 Å². The number of nitrogens with one attached hydrogen (secondary N) is 1. The van der Waals surface area contributed by atoms with Gasteiger partial charge in [0.15, 0.2) is 5.82 Å². The van der Waals surface area contributed by atoms with Crippen molar-refractivity contribution in [3.8, 4) is 0 Å². The Bertz CT molecular complexity index is 764. The van der Waals surface area contributed by atoms with E-state index in [0.29, 0.717) is 24.2 Å². The first kappa shape index (κ1) is 20.1. The molecular weight excluding hydrogens is 354 g/mol. The highest BCUT2D eigenvalue weighted by Gasteiger charge is 2.20. The van der Waals surface area contributed by atoms with Crippen molar-refractivity contribution in [2.45, 2.75) is 26.8 Å². The van der Waals surface area contributed by atoms with Gasteiger partial charge < -0.3 is 14.7 Å². The van der Waals surface area contributed by atoms with Crippen LogP contribution in [-0.4, -0.2) is 58.7 Å². The minimum Gasteiger partial charge on any atom is -0.339 e. The molecule has 7 heteroatoms. The Morgan fingerprint density at radius 3 is 2.68 bits per heavy atom. The minimum absolute atomic E-state index is 0.0744. The number of rotatable bonds is 7. The second kappa shape index (κ2) is 10.0. The van der Waals surface area contributed by atoms with Crippen LogP contribution in [0.15, 0.2) is 40.9 Å². The van der Waals surface area contributed by atoms with E-state index in [1.54, 1.807) is 0 Å². The van der Waals surface area contributed by atoms with Gasteiger partial charge in [0.2, 0.25) is 5.89 Å². The lowest BCUT2D eigenvalue weighted by molar-refractivity contribution is 0.146. The molecule has 0 spiro atoms. The van der Waals surface area contributed by atoms with Gasteiger partial charge in [-0.2, -0.15) is 4.98 Å². The average Bonchev–Trinajstić information content (AvgIpc) is 3.14. The maximum atomic E-state index is 12.4. The van der Waals surface area contributed by atoms with Crippen molar-refractivity contribution < 1.29 is 9.32 Å². The molecule has 1 aliphatic heterocycles. The third-order valence-corrected chi connectivity index (χ3v) is 4.62. The molecule has 2 aromatic rings. The molecule has 7 nitrogen and oxygen atoms in total. The largest absolute Gasteiger partial charge is 0.339 e. The van der Waals surface area contributed by atoms with Gasteiger partial charge in [-0.15, -0.1) is 0 Å². The molecule has 1 saturated heterocycles. The zero-order chi connectivity index (χ0) is 19.8. The number of amides is 2. The lowest BCUT2D eigenvalue weighted by atomic mass is 10.1. The number of hydrogen-bond acceptors (Lipinski definition) is 5. The molecule has 1 aromatic carbocycles. The molecule has 0 atom stereocenters. The molecule has 0 radical (unpaired) electrons. The molecule has 0 saturated carbocycles. The van der Waals surface area contributed by atoms with E-state index in [9.17, 15) is 4.79 Å². The van der Waals surface area contributed by atoms with E-state index in [-0.39, 0.29) is 6.03 Å². The summed E-state index contributed by atoms with van der Waals surface area (Å²) in [5, 5.41) is 6.81. The molecule has 0 unspecified atom stereocenters. The molecule has 1 fully saturated rings. The van der Waals surface area contributed by atoms with Crippen molar-refractivity contribution in [3.63, 3.8) is 0 Å². The zero-order valence-corrected chi connectivity index (χ0v) is 16.7. The Morgan fingerprint density at radius 1 is 1.21 bits per heavy atom. The topological polar surface area (TPSA) is 74.5 Å². The Hall–Kier alpha value is -2.67. The summed E-state index contributed by atoms with van der Waals surface area (Å²) in [6.45, 7) is 8.56. The predicted molar refractivity (Wildman–Crippen MR) is 109 cm³/mol. The van der Waals surface area contributed by atoms with Gasteiger partial charge in [-0.25, -0.2) is 4.79 Å². The summed E-state index contributed by atoms with van der Waals surface area (Å²) < 4.78 is 5.20. The molecule has 1 N–H and O–H groups in total. The first-order valence-electron chi connectivity index (χ1n) is 9.88. The molecule has 2 amide bonds. The quantitative estimate of drug-likeness (QED) is 0.796. The van der Waals surface area contributed by atoms with Crippen LogP contribution >= 0.6 is 0 Å². The minimum atomic E-state index is -0.0744. The number of hydrogen-bond donors (Lipinski definition) is 1. The molecule has 0 aliphatic carbocycles. The molecule has 2 heterocycles. The van der Waals surface area contributed by atoms with Crippen molar-refractivity contribution in [1.29, 1.82) is 0 Å². The van der Waals surface area contributed by atoms with E-state index >= 15 is 0 Å². The van der Waals surface area contributed by atoms with Gasteiger partial charge in [-0.3, -0.25) is 4.90 Å². The number of urea groups is 1. The molecular formula is C21H29N5O2. The van der Waals surface area contributed by atoms with Crippen LogP contribution in [0.25, 0.3) is 6.08 Å². The van der Waals surface area contributed by atoms with E-state index in [0.717, 1.165) is 39.1 Å². The van der Waals surface area contributed by atoms with E-state index < -0.39 is 0 Å². The van der Waals surface area contributed by atoms with Crippen LogP contribution in [0.5, 0.6) is 0 Å². The fraction of sp³-hybridized carbons (Fsp3) is 0.476. The summed E-state index contributed by atoms with van der Waals surface area (Å²) in [7, 11) is 0. The highest BCUT2D eigenvalue weighted by Crippen LogP contribution is 2.07. The second-order valence-electron chi connectivity index (χ2n) is 7.46. The smallest absolute Gasteiger partial charge is 0.317 e. The van der Waals surface area contributed by atoms with E-state index in [1.165, 1.54) is 5.56 Å². The number of aromatic nitrogens is 2. The van der Waals surface area contributed by atoms with Gasteiger partial charge in [0.05, 0.1) is 6.54 Å². The van der Waals surface area contributed by atoms with Crippen LogP contribution in [0.4, 0.5) is 4.79 Å².